The summed E-state index contributed by atoms with van der Waals surface area (Å²) in [5, 5.41) is 6.76. The van der Waals surface area contributed by atoms with Gasteiger partial charge in [0, 0.05) is 19.1 Å². The van der Waals surface area contributed by atoms with Gasteiger partial charge >= 0.3 is 0 Å². The zero-order valence-corrected chi connectivity index (χ0v) is 13.2. The number of piperidine rings is 1. The van der Waals surface area contributed by atoms with Gasteiger partial charge in [0.25, 0.3) is 0 Å². The minimum Gasteiger partial charge on any atom is -0.369 e. The van der Waals surface area contributed by atoms with Crippen molar-refractivity contribution >= 4 is 27.6 Å². The van der Waals surface area contributed by atoms with Crippen LogP contribution in [0.25, 0.3) is 0 Å². The van der Waals surface area contributed by atoms with E-state index in [0.29, 0.717) is 6.04 Å². The summed E-state index contributed by atoms with van der Waals surface area (Å²) >= 11 is 3.58. The van der Waals surface area contributed by atoms with Crippen LogP contribution in [0.15, 0.2) is 10.8 Å². The van der Waals surface area contributed by atoms with Crippen LogP contribution in [0.1, 0.15) is 26.7 Å². The van der Waals surface area contributed by atoms with Crippen LogP contribution in [0.5, 0.6) is 0 Å². The van der Waals surface area contributed by atoms with Crippen molar-refractivity contribution in [1.29, 1.82) is 0 Å². The molecular formula is C13H22BrN5. The fourth-order valence-electron chi connectivity index (χ4n) is 2.42. The van der Waals surface area contributed by atoms with Crippen LogP contribution < -0.4 is 10.6 Å². The highest BCUT2D eigenvalue weighted by Crippen LogP contribution is 2.27. The quantitative estimate of drug-likeness (QED) is 0.870. The summed E-state index contributed by atoms with van der Waals surface area (Å²) in [7, 11) is 0. The van der Waals surface area contributed by atoms with E-state index in [-0.39, 0.29) is 0 Å². The maximum absolute atomic E-state index is 4.34. The maximum Gasteiger partial charge on any atom is 0.146 e. The second-order valence-corrected chi connectivity index (χ2v) is 5.58. The van der Waals surface area contributed by atoms with Gasteiger partial charge in [-0.05, 0) is 48.8 Å². The molecule has 2 N–H and O–H groups in total. The zero-order valence-electron chi connectivity index (χ0n) is 11.6. The van der Waals surface area contributed by atoms with Crippen molar-refractivity contribution in [3.05, 3.63) is 10.8 Å². The number of anilines is 2. The summed E-state index contributed by atoms with van der Waals surface area (Å²) < 4.78 is 0.922. The second kappa shape index (κ2) is 7.05. The van der Waals surface area contributed by atoms with Crippen molar-refractivity contribution in [2.45, 2.75) is 32.7 Å². The Balaban J connectivity index is 2.04. The molecule has 2 rings (SSSR count). The van der Waals surface area contributed by atoms with Crippen molar-refractivity contribution in [3.63, 3.8) is 0 Å². The van der Waals surface area contributed by atoms with Crippen LogP contribution in [0.4, 0.5) is 11.6 Å². The number of hydrogen-bond acceptors (Lipinski definition) is 5. The molecule has 1 aliphatic heterocycles. The Hall–Kier alpha value is -0.880. The maximum atomic E-state index is 4.34. The summed E-state index contributed by atoms with van der Waals surface area (Å²) in [6, 6.07) is 0.467. The molecule has 2 heterocycles. The third kappa shape index (κ3) is 3.79. The van der Waals surface area contributed by atoms with Gasteiger partial charge in [0.05, 0.1) is 0 Å². The lowest BCUT2D eigenvalue weighted by Gasteiger charge is -2.32. The van der Waals surface area contributed by atoms with Crippen molar-refractivity contribution < 1.29 is 0 Å². The molecule has 0 spiro atoms. The molecule has 5 nitrogen and oxygen atoms in total. The molecule has 19 heavy (non-hydrogen) atoms. The van der Waals surface area contributed by atoms with Crippen LogP contribution in [0.3, 0.4) is 0 Å². The summed E-state index contributed by atoms with van der Waals surface area (Å²) in [6.07, 6.45) is 4.04. The van der Waals surface area contributed by atoms with E-state index < -0.39 is 0 Å². The van der Waals surface area contributed by atoms with Crippen LogP contribution in [-0.4, -0.2) is 47.1 Å². The van der Waals surface area contributed by atoms with Crippen LogP contribution >= 0.6 is 15.9 Å². The number of nitrogens with zero attached hydrogens (tertiary/aromatic N) is 3. The summed E-state index contributed by atoms with van der Waals surface area (Å²) in [4.78, 5) is 11.0. The lowest BCUT2D eigenvalue weighted by atomic mass is 10.1. The average molecular weight is 328 g/mol. The first-order valence-electron chi connectivity index (χ1n) is 6.97. The first kappa shape index (κ1) is 14.5. The molecule has 1 saturated heterocycles. The number of likely N-dealkylation sites (tertiary alicyclic amines) is 1. The molecule has 106 valence electrons. The highest BCUT2D eigenvalue weighted by atomic mass is 79.9. The summed E-state index contributed by atoms with van der Waals surface area (Å²) in [5.74, 6) is 1.73. The largest absolute Gasteiger partial charge is 0.369 e. The van der Waals surface area contributed by atoms with Gasteiger partial charge in [0.15, 0.2) is 0 Å². The van der Waals surface area contributed by atoms with Crippen LogP contribution in [0.2, 0.25) is 0 Å². The number of likely N-dealkylation sites (N-methyl/N-ethyl adjacent to an activating group) is 1. The average Bonchev–Trinajstić information content (AvgIpc) is 2.44. The molecule has 0 aliphatic carbocycles. The molecule has 0 aromatic carbocycles. The predicted octanol–water partition coefficient (Wildman–Crippen LogP) is 2.57. The van der Waals surface area contributed by atoms with Crippen LogP contribution in [0, 0.1) is 0 Å². The number of hydrogen-bond donors (Lipinski definition) is 2. The summed E-state index contributed by atoms with van der Waals surface area (Å²) in [5.41, 5.74) is 0. The van der Waals surface area contributed by atoms with E-state index in [4.69, 9.17) is 0 Å². The minimum absolute atomic E-state index is 0.467. The van der Waals surface area contributed by atoms with Gasteiger partial charge in [0.1, 0.15) is 22.4 Å². The normalized spacial score (nSPS) is 20.3. The van der Waals surface area contributed by atoms with Gasteiger partial charge < -0.3 is 15.5 Å². The van der Waals surface area contributed by atoms with Gasteiger partial charge in [-0.15, -0.1) is 0 Å². The lowest BCUT2D eigenvalue weighted by molar-refractivity contribution is 0.226. The number of aromatic nitrogens is 2. The van der Waals surface area contributed by atoms with Crippen molar-refractivity contribution in [3.8, 4) is 0 Å². The number of nitrogens with one attached hydrogen (secondary N) is 2. The standard InChI is InChI=1S/C13H22BrN5/c1-3-15-12-11(14)13(17-9-16-12)18-10-6-5-7-19(4-2)8-10/h9-10H,3-8H2,1-2H3,(H2,15,16,17,18). The van der Waals surface area contributed by atoms with E-state index in [1.54, 1.807) is 6.33 Å². The van der Waals surface area contributed by atoms with Gasteiger partial charge in [-0.3, -0.25) is 0 Å². The third-order valence-electron chi connectivity index (χ3n) is 3.43. The molecule has 6 heteroatoms. The molecule has 1 unspecified atom stereocenters. The van der Waals surface area contributed by atoms with Crippen molar-refractivity contribution in [2.75, 3.05) is 36.8 Å². The van der Waals surface area contributed by atoms with E-state index in [0.717, 1.165) is 35.7 Å². The Labute approximate surface area is 123 Å². The highest BCUT2D eigenvalue weighted by Gasteiger charge is 2.20. The van der Waals surface area contributed by atoms with Gasteiger partial charge in [-0.2, -0.15) is 0 Å². The summed E-state index contributed by atoms with van der Waals surface area (Å²) in [6.45, 7) is 8.54. The minimum atomic E-state index is 0.467. The Kier molecular flexibility index (Phi) is 5.39. The molecule has 0 saturated carbocycles. The SMILES string of the molecule is CCNc1ncnc(NC2CCCN(CC)C2)c1Br. The fourth-order valence-corrected chi connectivity index (χ4v) is 2.87. The van der Waals surface area contributed by atoms with Crippen molar-refractivity contribution in [2.24, 2.45) is 0 Å². The molecule has 1 fully saturated rings. The molecule has 0 bridgehead atoms. The highest BCUT2D eigenvalue weighted by molar-refractivity contribution is 9.10. The van der Waals surface area contributed by atoms with E-state index in [1.807, 2.05) is 0 Å². The van der Waals surface area contributed by atoms with E-state index in [1.165, 1.54) is 19.4 Å². The second-order valence-electron chi connectivity index (χ2n) is 4.79. The van der Waals surface area contributed by atoms with E-state index in [2.05, 4.69) is 55.3 Å². The molecule has 1 aromatic rings. The Morgan fingerprint density at radius 3 is 2.89 bits per heavy atom. The molecule has 0 radical (unpaired) electrons. The predicted molar refractivity (Wildman–Crippen MR) is 82.7 cm³/mol. The molecule has 1 atom stereocenters. The van der Waals surface area contributed by atoms with Gasteiger partial charge in [0.2, 0.25) is 0 Å². The van der Waals surface area contributed by atoms with Gasteiger partial charge in [-0.25, -0.2) is 9.97 Å². The fraction of sp³-hybridized carbons (Fsp3) is 0.692. The third-order valence-corrected chi connectivity index (χ3v) is 4.18. The zero-order chi connectivity index (χ0) is 13.7. The number of halogens is 1. The van der Waals surface area contributed by atoms with Crippen molar-refractivity contribution in [1.82, 2.24) is 14.9 Å². The molecule has 0 amide bonds. The molecule has 1 aromatic heterocycles. The topological polar surface area (TPSA) is 53.1 Å². The monoisotopic (exact) mass is 327 g/mol. The van der Waals surface area contributed by atoms with E-state index >= 15 is 0 Å². The van der Waals surface area contributed by atoms with E-state index in [9.17, 15) is 0 Å². The number of rotatable bonds is 5. The van der Waals surface area contributed by atoms with Gasteiger partial charge in [-0.1, -0.05) is 6.92 Å². The molecular weight excluding hydrogens is 306 g/mol. The lowest BCUT2D eigenvalue weighted by Crippen LogP contribution is -2.42. The van der Waals surface area contributed by atoms with Crippen LogP contribution in [-0.2, 0) is 0 Å². The first-order chi connectivity index (χ1) is 9.24. The first-order valence-corrected chi connectivity index (χ1v) is 7.77. The Morgan fingerprint density at radius 1 is 1.37 bits per heavy atom. The Morgan fingerprint density at radius 2 is 2.16 bits per heavy atom. The Bertz CT molecular complexity index is 412. The smallest absolute Gasteiger partial charge is 0.146 e. The molecule has 1 aliphatic rings.